The van der Waals surface area contributed by atoms with E-state index in [1.54, 1.807) is 0 Å². The van der Waals surface area contributed by atoms with E-state index in [0.29, 0.717) is 12.0 Å². The van der Waals surface area contributed by atoms with Crippen LogP contribution in [0, 0.1) is 23.7 Å². The molecular formula is C9H13NO. The predicted molar refractivity (Wildman–Crippen MR) is 42.2 cm³/mol. The molecule has 5 unspecified atom stereocenters. The molecule has 0 N–H and O–H groups in total. The average Bonchev–Trinajstić information content (AvgIpc) is 2.52. The number of nitrogens with zero attached hydrogens (tertiary/aromatic N) is 1. The summed E-state index contributed by atoms with van der Waals surface area (Å²) in [5.41, 5.74) is 0. The van der Waals surface area contributed by atoms with Crippen LogP contribution in [0.1, 0.15) is 19.8 Å². The van der Waals surface area contributed by atoms with Gasteiger partial charge in [0.1, 0.15) is 6.10 Å². The van der Waals surface area contributed by atoms with Gasteiger partial charge in [0, 0.05) is 11.8 Å². The summed E-state index contributed by atoms with van der Waals surface area (Å²) in [4.78, 5) is 5.35. The summed E-state index contributed by atoms with van der Waals surface area (Å²) in [6.45, 7) is 2.35. The van der Waals surface area contributed by atoms with Crippen LogP contribution in [-0.4, -0.2) is 12.3 Å². The molecule has 2 heteroatoms. The van der Waals surface area contributed by atoms with Crippen LogP contribution in [0.3, 0.4) is 0 Å². The molecule has 1 heterocycles. The average molecular weight is 151 g/mol. The zero-order valence-corrected chi connectivity index (χ0v) is 6.73. The summed E-state index contributed by atoms with van der Waals surface area (Å²) in [5.74, 6) is 3.26. The van der Waals surface area contributed by atoms with Gasteiger partial charge in [-0.3, -0.25) is 0 Å². The molecule has 5 atom stereocenters. The van der Waals surface area contributed by atoms with Crippen LogP contribution >= 0.6 is 0 Å². The molecule has 0 aromatic rings. The highest BCUT2D eigenvalue weighted by Crippen LogP contribution is 2.53. The van der Waals surface area contributed by atoms with Crippen molar-refractivity contribution in [1.82, 2.24) is 0 Å². The lowest BCUT2D eigenvalue weighted by molar-refractivity contribution is 0.0107. The molecule has 3 rings (SSSR count). The summed E-state index contributed by atoms with van der Waals surface area (Å²) in [5, 5.41) is 3.92. The molecule has 2 fully saturated rings. The monoisotopic (exact) mass is 151 g/mol. The maximum Gasteiger partial charge on any atom is 0.138 e. The fourth-order valence-corrected chi connectivity index (χ4v) is 3.19. The van der Waals surface area contributed by atoms with Crippen LogP contribution in [0.2, 0.25) is 0 Å². The molecule has 11 heavy (non-hydrogen) atoms. The number of hydrogen-bond acceptors (Lipinski definition) is 2. The minimum absolute atomic E-state index is 0.462. The second-order valence-electron chi connectivity index (χ2n) is 4.27. The van der Waals surface area contributed by atoms with Gasteiger partial charge in [0.15, 0.2) is 0 Å². The molecule has 3 aliphatic rings. The fraction of sp³-hybridized carbons (Fsp3) is 0.889. The van der Waals surface area contributed by atoms with Crippen LogP contribution in [0.4, 0.5) is 0 Å². The topological polar surface area (TPSA) is 21.6 Å². The minimum atomic E-state index is 0.462. The Bertz CT molecular complexity index is 214. The molecule has 0 spiro atoms. The normalized spacial score (nSPS) is 58.1. The summed E-state index contributed by atoms with van der Waals surface area (Å²) >= 11 is 0. The van der Waals surface area contributed by atoms with Crippen molar-refractivity contribution in [2.45, 2.75) is 25.9 Å². The molecule has 2 nitrogen and oxygen atoms in total. The zero-order valence-electron chi connectivity index (χ0n) is 6.73. The van der Waals surface area contributed by atoms with Gasteiger partial charge in [0.05, 0.1) is 6.21 Å². The lowest BCUT2D eigenvalue weighted by Crippen LogP contribution is -2.30. The molecule has 0 radical (unpaired) electrons. The SMILES string of the molecule is CC1CC2CC1C1ON=CC21. The van der Waals surface area contributed by atoms with Crippen molar-refractivity contribution in [2.75, 3.05) is 0 Å². The van der Waals surface area contributed by atoms with E-state index in [1.165, 1.54) is 12.8 Å². The van der Waals surface area contributed by atoms with E-state index in [9.17, 15) is 0 Å². The molecular weight excluding hydrogens is 138 g/mol. The van der Waals surface area contributed by atoms with Crippen molar-refractivity contribution < 1.29 is 4.84 Å². The van der Waals surface area contributed by atoms with Gasteiger partial charge in [0.25, 0.3) is 0 Å². The summed E-state index contributed by atoms with van der Waals surface area (Å²) in [6.07, 6.45) is 5.29. The molecule has 0 saturated heterocycles. The zero-order chi connectivity index (χ0) is 7.42. The number of oxime groups is 1. The Labute approximate surface area is 66.6 Å². The van der Waals surface area contributed by atoms with Gasteiger partial charge in [-0.15, -0.1) is 0 Å². The fourth-order valence-electron chi connectivity index (χ4n) is 3.19. The van der Waals surface area contributed by atoms with Crippen molar-refractivity contribution in [3.63, 3.8) is 0 Å². The van der Waals surface area contributed by atoms with Crippen molar-refractivity contribution in [3.8, 4) is 0 Å². The summed E-state index contributed by atoms with van der Waals surface area (Å²) in [6, 6.07) is 0. The predicted octanol–water partition coefficient (Wildman–Crippen LogP) is 1.66. The molecule has 0 aromatic heterocycles. The molecule has 2 aliphatic carbocycles. The first-order chi connectivity index (χ1) is 5.36. The van der Waals surface area contributed by atoms with Crippen LogP contribution in [0.15, 0.2) is 5.16 Å². The number of rotatable bonds is 0. The summed E-state index contributed by atoms with van der Waals surface area (Å²) in [7, 11) is 0. The van der Waals surface area contributed by atoms with Gasteiger partial charge in [-0.1, -0.05) is 12.1 Å². The Morgan fingerprint density at radius 1 is 1.45 bits per heavy atom. The van der Waals surface area contributed by atoms with Gasteiger partial charge < -0.3 is 4.84 Å². The smallest absolute Gasteiger partial charge is 0.138 e. The Balaban J connectivity index is 1.94. The van der Waals surface area contributed by atoms with E-state index in [1.807, 2.05) is 6.21 Å². The quantitative estimate of drug-likeness (QED) is 0.516. The first-order valence-electron chi connectivity index (χ1n) is 4.55. The largest absolute Gasteiger partial charge is 0.392 e. The lowest BCUT2D eigenvalue weighted by Gasteiger charge is -2.25. The minimum Gasteiger partial charge on any atom is -0.392 e. The van der Waals surface area contributed by atoms with Crippen LogP contribution in [0.25, 0.3) is 0 Å². The van der Waals surface area contributed by atoms with E-state index < -0.39 is 0 Å². The highest BCUT2D eigenvalue weighted by atomic mass is 16.6. The van der Waals surface area contributed by atoms with E-state index in [4.69, 9.17) is 4.84 Å². The molecule has 2 bridgehead atoms. The summed E-state index contributed by atoms with van der Waals surface area (Å²) < 4.78 is 0. The van der Waals surface area contributed by atoms with E-state index in [2.05, 4.69) is 12.1 Å². The first-order valence-corrected chi connectivity index (χ1v) is 4.55. The first kappa shape index (κ1) is 6.04. The van der Waals surface area contributed by atoms with Crippen molar-refractivity contribution >= 4 is 6.21 Å². The van der Waals surface area contributed by atoms with Crippen LogP contribution in [0.5, 0.6) is 0 Å². The Hall–Kier alpha value is -0.530. The van der Waals surface area contributed by atoms with Gasteiger partial charge in [-0.05, 0) is 24.7 Å². The molecule has 1 aliphatic heterocycles. The highest BCUT2D eigenvalue weighted by Gasteiger charge is 2.53. The van der Waals surface area contributed by atoms with Crippen molar-refractivity contribution in [3.05, 3.63) is 0 Å². The number of fused-ring (bicyclic) bond motifs is 5. The second kappa shape index (κ2) is 1.79. The third-order valence-electron chi connectivity index (χ3n) is 3.74. The maximum atomic E-state index is 5.35. The van der Waals surface area contributed by atoms with E-state index in [-0.39, 0.29) is 0 Å². The number of hydrogen-bond donors (Lipinski definition) is 0. The second-order valence-corrected chi connectivity index (χ2v) is 4.27. The Morgan fingerprint density at radius 2 is 2.36 bits per heavy atom. The molecule has 0 amide bonds. The maximum absolute atomic E-state index is 5.35. The van der Waals surface area contributed by atoms with Gasteiger partial charge in [0.2, 0.25) is 0 Å². The van der Waals surface area contributed by atoms with Crippen molar-refractivity contribution in [1.29, 1.82) is 0 Å². The Kier molecular flexibility index (Phi) is 0.984. The third kappa shape index (κ3) is 0.608. The third-order valence-corrected chi connectivity index (χ3v) is 3.74. The standard InChI is InChI=1S/C9H13NO/c1-5-2-6-3-7(5)9-8(6)4-10-11-9/h4-9H,2-3H2,1H3. The Morgan fingerprint density at radius 3 is 3.27 bits per heavy atom. The van der Waals surface area contributed by atoms with E-state index in [0.717, 1.165) is 17.8 Å². The van der Waals surface area contributed by atoms with Gasteiger partial charge in [-0.25, -0.2) is 0 Å². The van der Waals surface area contributed by atoms with Gasteiger partial charge >= 0.3 is 0 Å². The van der Waals surface area contributed by atoms with Crippen LogP contribution < -0.4 is 0 Å². The van der Waals surface area contributed by atoms with E-state index >= 15 is 0 Å². The lowest BCUT2D eigenvalue weighted by atomic mass is 9.82. The molecule has 0 aromatic carbocycles. The molecule has 2 saturated carbocycles. The molecule has 60 valence electrons. The highest BCUT2D eigenvalue weighted by molar-refractivity contribution is 5.64. The van der Waals surface area contributed by atoms with Crippen molar-refractivity contribution in [2.24, 2.45) is 28.8 Å². The van der Waals surface area contributed by atoms with Crippen LogP contribution in [-0.2, 0) is 4.84 Å². The van der Waals surface area contributed by atoms with Gasteiger partial charge in [-0.2, -0.15) is 0 Å².